The molecule has 1 aromatic heterocycles. The largest absolute Gasteiger partial charge is 0.416 e. The Kier molecular flexibility index (Phi) is 7.22. The number of nitrogens with two attached hydrogens (primary N) is 1. The van der Waals surface area contributed by atoms with Crippen molar-refractivity contribution in [1.82, 2.24) is 9.88 Å². The number of anilines is 3. The van der Waals surface area contributed by atoms with E-state index in [1.54, 1.807) is 11.1 Å². The molecule has 1 fully saturated rings. The fourth-order valence-corrected chi connectivity index (χ4v) is 3.76. The average Bonchev–Trinajstić information content (AvgIpc) is 2.78. The van der Waals surface area contributed by atoms with Crippen molar-refractivity contribution in [1.29, 1.82) is 5.41 Å². The van der Waals surface area contributed by atoms with Gasteiger partial charge in [-0.1, -0.05) is 6.92 Å². The summed E-state index contributed by atoms with van der Waals surface area (Å²) in [4.78, 5) is 18.6. The second-order valence-electron chi connectivity index (χ2n) is 7.71. The maximum atomic E-state index is 12.7. The topological polar surface area (TPSA) is 107 Å². The van der Waals surface area contributed by atoms with Gasteiger partial charge in [-0.3, -0.25) is 4.79 Å². The lowest BCUT2D eigenvalue weighted by atomic mass is 10.0. The number of carbonyl (C=O) groups is 1. The van der Waals surface area contributed by atoms with E-state index in [0.717, 1.165) is 42.6 Å². The number of rotatable bonds is 7. The van der Waals surface area contributed by atoms with Crippen LogP contribution in [0.2, 0.25) is 0 Å². The minimum absolute atomic E-state index is 0.00769. The second kappa shape index (κ2) is 9.88. The van der Waals surface area contributed by atoms with Crippen molar-refractivity contribution in [3.63, 3.8) is 0 Å². The third kappa shape index (κ3) is 5.49. The number of pyridine rings is 1. The van der Waals surface area contributed by atoms with Crippen LogP contribution in [-0.2, 0) is 17.4 Å². The SMILES string of the molecule is CCc1cnc(N)c(C=N)c1NC1CCCN(C(=O)CNc2ccc(C(F)(F)F)cc2)C1. The highest BCUT2D eigenvalue weighted by Crippen LogP contribution is 2.30. The highest BCUT2D eigenvalue weighted by Gasteiger charge is 2.30. The van der Waals surface area contributed by atoms with E-state index < -0.39 is 11.7 Å². The zero-order chi connectivity index (χ0) is 23.3. The predicted molar refractivity (Wildman–Crippen MR) is 119 cm³/mol. The van der Waals surface area contributed by atoms with E-state index >= 15 is 0 Å². The lowest BCUT2D eigenvalue weighted by Crippen LogP contribution is -2.47. The van der Waals surface area contributed by atoms with Crippen LogP contribution in [0.25, 0.3) is 0 Å². The summed E-state index contributed by atoms with van der Waals surface area (Å²) >= 11 is 0. The number of nitrogens with one attached hydrogen (secondary N) is 3. The molecule has 1 atom stereocenters. The van der Waals surface area contributed by atoms with Gasteiger partial charge in [0.15, 0.2) is 0 Å². The number of likely N-dealkylation sites (tertiary alicyclic amines) is 1. The molecule has 0 bridgehead atoms. The van der Waals surface area contributed by atoms with Gasteiger partial charge in [-0.25, -0.2) is 4.98 Å². The number of carbonyl (C=O) groups excluding carboxylic acids is 1. The van der Waals surface area contributed by atoms with Crippen LogP contribution in [0, 0.1) is 5.41 Å². The van der Waals surface area contributed by atoms with Gasteiger partial charge >= 0.3 is 6.18 Å². The van der Waals surface area contributed by atoms with E-state index in [0.29, 0.717) is 24.3 Å². The van der Waals surface area contributed by atoms with E-state index in [9.17, 15) is 18.0 Å². The zero-order valence-electron chi connectivity index (χ0n) is 17.8. The highest BCUT2D eigenvalue weighted by molar-refractivity contribution is 5.92. The summed E-state index contributed by atoms with van der Waals surface area (Å²) in [5.74, 6) is 0.151. The maximum Gasteiger partial charge on any atom is 0.416 e. The van der Waals surface area contributed by atoms with Crippen LogP contribution in [0.15, 0.2) is 30.5 Å². The molecule has 32 heavy (non-hydrogen) atoms. The normalized spacial score (nSPS) is 16.5. The Labute approximate surface area is 184 Å². The van der Waals surface area contributed by atoms with Gasteiger partial charge < -0.3 is 26.7 Å². The van der Waals surface area contributed by atoms with Crippen LogP contribution in [-0.4, -0.2) is 47.7 Å². The van der Waals surface area contributed by atoms with Crippen molar-refractivity contribution in [3.8, 4) is 0 Å². The molecule has 0 spiro atoms. The van der Waals surface area contributed by atoms with E-state index in [2.05, 4.69) is 15.6 Å². The quantitative estimate of drug-likeness (QED) is 0.483. The number of nitrogen functional groups attached to an aromatic ring is 1. The third-order valence-corrected chi connectivity index (χ3v) is 5.53. The van der Waals surface area contributed by atoms with Crippen molar-refractivity contribution in [3.05, 3.63) is 47.2 Å². The molecule has 1 aromatic carbocycles. The molecule has 2 heterocycles. The number of piperidine rings is 1. The first-order valence-electron chi connectivity index (χ1n) is 10.5. The number of nitrogens with zero attached hydrogens (tertiary/aromatic N) is 2. The number of hydrogen-bond acceptors (Lipinski definition) is 6. The summed E-state index contributed by atoms with van der Waals surface area (Å²) in [5, 5.41) is 14.0. The summed E-state index contributed by atoms with van der Waals surface area (Å²) < 4.78 is 38.0. The molecule has 1 amide bonds. The molecule has 0 saturated carbocycles. The van der Waals surface area contributed by atoms with Crippen LogP contribution >= 0.6 is 0 Å². The molecule has 0 radical (unpaired) electrons. The van der Waals surface area contributed by atoms with Crippen LogP contribution in [0.1, 0.15) is 36.5 Å². The van der Waals surface area contributed by atoms with Crippen LogP contribution in [0.5, 0.6) is 0 Å². The summed E-state index contributed by atoms with van der Waals surface area (Å²) in [6.07, 6.45) is 0.889. The van der Waals surface area contributed by atoms with E-state index in [1.165, 1.54) is 18.3 Å². The molecular formula is C22H27F3N6O. The standard InChI is InChI=1S/C22H27F3N6O/c1-2-14-11-29-21(27)18(10-26)20(14)30-17-4-3-9-31(13-17)19(32)12-28-16-7-5-15(6-8-16)22(23,24)25/h5-8,10-11,17,26,28H,2-4,9,12-13H2,1H3,(H3,27,29,30). The van der Waals surface area contributed by atoms with Crippen molar-refractivity contribution in [2.24, 2.45) is 0 Å². The lowest BCUT2D eigenvalue weighted by molar-refractivity contribution is -0.137. The van der Waals surface area contributed by atoms with Gasteiger partial charge in [0.2, 0.25) is 5.91 Å². The fraction of sp³-hybridized carbons (Fsp3) is 0.409. The number of benzene rings is 1. The summed E-state index contributed by atoms with van der Waals surface area (Å²) in [7, 11) is 0. The van der Waals surface area contributed by atoms with Gasteiger partial charge in [-0.2, -0.15) is 13.2 Å². The Morgan fingerprint density at radius 1 is 1.34 bits per heavy atom. The van der Waals surface area contributed by atoms with Gasteiger partial charge in [0, 0.05) is 37.2 Å². The Bertz CT molecular complexity index is 961. The zero-order valence-corrected chi connectivity index (χ0v) is 17.8. The van der Waals surface area contributed by atoms with Crippen molar-refractivity contribution in [2.45, 2.75) is 38.4 Å². The van der Waals surface area contributed by atoms with E-state index in [-0.39, 0.29) is 24.3 Å². The number of hydrogen-bond donors (Lipinski definition) is 4. The highest BCUT2D eigenvalue weighted by atomic mass is 19.4. The van der Waals surface area contributed by atoms with Gasteiger partial charge in [-0.15, -0.1) is 0 Å². The van der Waals surface area contributed by atoms with Gasteiger partial charge in [0.05, 0.1) is 23.4 Å². The minimum atomic E-state index is -4.39. The summed E-state index contributed by atoms with van der Waals surface area (Å²) in [5.41, 5.74) is 7.91. The Morgan fingerprint density at radius 2 is 2.06 bits per heavy atom. The van der Waals surface area contributed by atoms with E-state index in [1.807, 2.05) is 6.92 Å². The molecule has 1 aliphatic heterocycles. The molecule has 1 unspecified atom stereocenters. The van der Waals surface area contributed by atoms with Crippen molar-refractivity contribution < 1.29 is 18.0 Å². The first-order valence-corrected chi connectivity index (χ1v) is 10.5. The van der Waals surface area contributed by atoms with Gasteiger partial charge in [0.25, 0.3) is 0 Å². The Hall–Kier alpha value is -3.30. The molecule has 3 rings (SSSR count). The Morgan fingerprint density at radius 3 is 2.69 bits per heavy atom. The molecular weight excluding hydrogens is 421 g/mol. The monoisotopic (exact) mass is 448 g/mol. The first kappa shape index (κ1) is 23.4. The van der Waals surface area contributed by atoms with Crippen LogP contribution in [0.4, 0.5) is 30.4 Å². The molecule has 7 nitrogen and oxygen atoms in total. The first-order chi connectivity index (χ1) is 15.2. The molecule has 0 aliphatic carbocycles. The Balaban J connectivity index is 1.61. The maximum absolute atomic E-state index is 12.7. The molecule has 172 valence electrons. The number of amides is 1. The molecule has 2 aromatic rings. The number of aryl methyl sites for hydroxylation is 1. The number of alkyl halides is 3. The average molecular weight is 448 g/mol. The van der Waals surface area contributed by atoms with Crippen LogP contribution in [0.3, 0.4) is 0 Å². The van der Waals surface area contributed by atoms with E-state index in [4.69, 9.17) is 11.1 Å². The van der Waals surface area contributed by atoms with Gasteiger partial charge in [0.1, 0.15) is 5.82 Å². The number of halogens is 3. The van der Waals surface area contributed by atoms with Gasteiger partial charge in [-0.05, 0) is 49.1 Å². The lowest BCUT2D eigenvalue weighted by Gasteiger charge is -2.34. The minimum Gasteiger partial charge on any atom is -0.383 e. The third-order valence-electron chi connectivity index (χ3n) is 5.53. The fourth-order valence-electron chi connectivity index (χ4n) is 3.76. The predicted octanol–water partition coefficient (Wildman–Crippen LogP) is 3.76. The smallest absolute Gasteiger partial charge is 0.383 e. The second-order valence-corrected chi connectivity index (χ2v) is 7.71. The van der Waals surface area contributed by atoms with Crippen LogP contribution < -0.4 is 16.4 Å². The molecule has 1 saturated heterocycles. The molecule has 10 heteroatoms. The number of aromatic nitrogens is 1. The van der Waals surface area contributed by atoms with Crippen molar-refractivity contribution >= 4 is 29.3 Å². The summed E-state index contributed by atoms with van der Waals surface area (Å²) in [6.45, 7) is 3.08. The van der Waals surface area contributed by atoms with Crippen molar-refractivity contribution in [2.75, 3.05) is 36.0 Å². The summed E-state index contributed by atoms with van der Waals surface area (Å²) in [6, 6.07) is 4.59. The molecule has 5 N–H and O–H groups in total. The molecule has 1 aliphatic rings.